The predicted molar refractivity (Wildman–Crippen MR) is 71.3 cm³/mol. The van der Waals surface area contributed by atoms with Gasteiger partial charge in [-0.1, -0.05) is 11.8 Å². The average Bonchev–Trinajstić information content (AvgIpc) is 2.57. The quantitative estimate of drug-likeness (QED) is 0.925. The van der Waals surface area contributed by atoms with Gasteiger partial charge >= 0.3 is 0 Å². The van der Waals surface area contributed by atoms with E-state index in [4.69, 9.17) is 5.73 Å². The van der Waals surface area contributed by atoms with Gasteiger partial charge in [0.2, 0.25) is 0 Å². The Labute approximate surface area is 110 Å². The lowest BCUT2D eigenvalue weighted by Gasteiger charge is -2.01. The van der Waals surface area contributed by atoms with Gasteiger partial charge in [0.1, 0.15) is 5.03 Å². The molecule has 0 amide bonds. The minimum Gasteiger partial charge on any atom is -0.395 e. The highest BCUT2D eigenvalue weighted by molar-refractivity contribution is 7.99. The molecule has 0 radical (unpaired) electrons. The van der Waals surface area contributed by atoms with Crippen LogP contribution in [0.3, 0.4) is 0 Å². The summed E-state index contributed by atoms with van der Waals surface area (Å²) in [5.74, 6) is 0. The Kier molecular flexibility index (Phi) is 3.36. The molecular formula is C11H13N3O2S2. The van der Waals surface area contributed by atoms with Gasteiger partial charge in [0.15, 0.2) is 9.84 Å². The third kappa shape index (κ3) is 2.85. The normalized spacial score (nSPS) is 11.7. The van der Waals surface area contributed by atoms with Crippen LogP contribution in [0.5, 0.6) is 0 Å². The molecule has 5 nitrogen and oxygen atoms in total. The summed E-state index contributed by atoms with van der Waals surface area (Å²) in [6.45, 7) is 0. The maximum atomic E-state index is 11.3. The number of aromatic nitrogens is 2. The topological polar surface area (TPSA) is 78.0 Å². The van der Waals surface area contributed by atoms with E-state index in [9.17, 15) is 8.42 Å². The highest BCUT2D eigenvalue weighted by Crippen LogP contribution is 2.30. The Hall–Kier alpha value is -1.47. The standard InChI is InChI=1S/C11H13N3O2S2/c1-14-7-10(12)11(13-14)17-8-3-5-9(6-4-8)18(2,15)16/h3-7H,12H2,1-2H3. The van der Waals surface area contributed by atoms with Crippen molar-refractivity contribution in [2.75, 3.05) is 12.0 Å². The van der Waals surface area contributed by atoms with Gasteiger partial charge in [-0.25, -0.2) is 8.42 Å². The summed E-state index contributed by atoms with van der Waals surface area (Å²) < 4.78 is 24.3. The molecule has 96 valence electrons. The Balaban J connectivity index is 2.24. The number of rotatable bonds is 3. The lowest BCUT2D eigenvalue weighted by atomic mass is 10.4. The third-order valence-electron chi connectivity index (χ3n) is 2.29. The number of nitrogens with two attached hydrogens (primary N) is 1. The van der Waals surface area contributed by atoms with Crippen LogP contribution in [0.2, 0.25) is 0 Å². The zero-order valence-corrected chi connectivity index (χ0v) is 11.6. The molecule has 1 heterocycles. The van der Waals surface area contributed by atoms with Crippen LogP contribution in [0.15, 0.2) is 45.3 Å². The average molecular weight is 283 g/mol. The Morgan fingerprint density at radius 3 is 2.33 bits per heavy atom. The number of benzene rings is 1. The zero-order valence-electron chi connectivity index (χ0n) is 9.99. The fourth-order valence-corrected chi connectivity index (χ4v) is 2.90. The molecule has 7 heteroatoms. The van der Waals surface area contributed by atoms with E-state index in [0.29, 0.717) is 15.6 Å². The first-order valence-electron chi connectivity index (χ1n) is 5.13. The van der Waals surface area contributed by atoms with Gasteiger partial charge in [-0.05, 0) is 24.3 Å². The van der Waals surface area contributed by atoms with E-state index in [1.807, 2.05) is 0 Å². The van der Waals surface area contributed by atoms with Crippen LogP contribution in [0, 0.1) is 0 Å². The second-order valence-corrected chi connectivity index (χ2v) is 6.99. The van der Waals surface area contributed by atoms with Crippen LogP contribution in [0.25, 0.3) is 0 Å². The molecule has 18 heavy (non-hydrogen) atoms. The minimum absolute atomic E-state index is 0.306. The van der Waals surface area contributed by atoms with Gasteiger partial charge in [-0.2, -0.15) is 5.10 Å². The minimum atomic E-state index is -3.15. The molecule has 0 bridgehead atoms. The Morgan fingerprint density at radius 2 is 1.89 bits per heavy atom. The Bertz CT molecular complexity index is 660. The van der Waals surface area contributed by atoms with E-state index in [-0.39, 0.29) is 0 Å². The van der Waals surface area contributed by atoms with Crippen LogP contribution in [-0.2, 0) is 16.9 Å². The highest BCUT2D eigenvalue weighted by Gasteiger charge is 2.09. The molecule has 0 aliphatic heterocycles. The summed E-state index contributed by atoms with van der Waals surface area (Å²) in [6.07, 6.45) is 2.92. The summed E-state index contributed by atoms with van der Waals surface area (Å²) in [5, 5.41) is 4.93. The smallest absolute Gasteiger partial charge is 0.175 e. The molecule has 0 atom stereocenters. The van der Waals surface area contributed by atoms with Gasteiger partial charge in [0, 0.05) is 24.4 Å². The van der Waals surface area contributed by atoms with Crippen LogP contribution < -0.4 is 5.73 Å². The van der Waals surface area contributed by atoms with Crippen molar-refractivity contribution < 1.29 is 8.42 Å². The second-order valence-electron chi connectivity index (χ2n) is 3.91. The maximum absolute atomic E-state index is 11.3. The molecule has 0 aliphatic carbocycles. The first-order valence-corrected chi connectivity index (χ1v) is 7.84. The van der Waals surface area contributed by atoms with E-state index in [2.05, 4.69) is 5.10 Å². The van der Waals surface area contributed by atoms with Crippen molar-refractivity contribution in [3.05, 3.63) is 30.5 Å². The van der Waals surface area contributed by atoms with Crippen LogP contribution >= 0.6 is 11.8 Å². The van der Waals surface area contributed by atoms with Gasteiger partial charge in [-0.3, -0.25) is 4.68 Å². The van der Waals surface area contributed by atoms with Crippen LogP contribution in [-0.4, -0.2) is 24.5 Å². The summed E-state index contributed by atoms with van der Waals surface area (Å²) in [7, 11) is -1.35. The van der Waals surface area contributed by atoms with Crippen molar-refractivity contribution in [2.45, 2.75) is 14.8 Å². The zero-order chi connectivity index (χ0) is 13.3. The number of nitrogen functional groups attached to an aromatic ring is 1. The molecule has 0 saturated carbocycles. The third-order valence-corrected chi connectivity index (χ3v) is 4.43. The first kappa shape index (κ1) is 13.0. The number of sulfone groups is 1. The van der Waals surface area contributed by atoms with Crippen molar-refractivity contribution in [3.63, 3.8) is 0 Å². The van der Waals surface area contributed by atoms with E-state index < -0.39 is 9.84 Å². The number of hydrogen-bond donors (Lipinski definition) is 1. The number of hydrogen-bond acceptors (Lipinski definition) is 5. The van der Waals surface area contributed by atoms with E-state index in [1.54, 1.807) is 42.2 Å². The summed E-state index contributed by atoms with van der Waals surface area (Å²) in [5.41, 5.74) is 6.39. The van der Waals surface area contributed by atoms with Crippen LogP contribution in [0.1, 0.15) is 0 Å². The number of aryl methyl sites for hydroxylation is 1. The molecule has 0 spiro atoms. The van der Waals surface area contributed by atoms with Crippen LogP contribution in [0.4, 0.5) is 5.69 Å². The molecule has 0 saturated heterocycles. The number of anilines is 1. The molecular weight excluding hydrogens is 270 g/mol. The maximum Gasteiger partial charge on any atom is 0.175 e. The summed E-state index contributed by atoms with van der Waals surface area (Å²) in [4.78, 5) is 1.20. The van der Waals surface area contributed by atoms with Gasteiger partial charge in [0.25, 0.3) is 0 Å². The van der Waals surface area contributed by atoms with E-state index in [1.165, 1.54) is 18.0 Å². The fraction of sp³-hybridized carbons (Fsp3) is 0.182. The van der Waals surface area contributed by atoms with Crippen molar-refractivity contribution >= 4 is 27.3 Å². The monoisotopic (exact) mass is 283 g/mol. The first-order chi connectivity index (χ1) is 8.36. The van der Waals surface area contributed by atoms with Gasteiger partial charge < -0.3 is 5.73 Å². The van der Waals surface area contributed by atoms with E-state index >= 15 is 0 Å². The number of nitrogens with zero attached hydrogens (tertiary/aromatic N) is 2. The highest BCUT2D eigenvalue weighted by atomic mass is 32.2. The molecule has 2 N–H and O–H groups in total. The second kappa shape index (κ2) is 4.66. The SMILES string of the molecule is Cn1cc(N)c(Sc2ccc(S(C)(=O)=O)cc2)n1. The van der Waals surface area contributed by atoms with Crippen molar-refractivity contribution in [2.24, 2.45) is 7.05 Å². The lowest BCUT2D eigenvalue weighted by molar-refractivity contribution is 0.602. The Morgan fingerprint density at radius 1 is 1.28 bits per heavy atom. The molecule has 1 aromatic heterocycles. The molecule has 0 unspecified atom stereocenters. The molecule has 2 rings (SSSR count). The van der Waals surface area contributed by atoms with Crippen molar-refractivity contribution in [1.29, 1.82) is 0 Å². The van der Waals surface area contributed by atoms with Gasteiger partial charge in [-0.15, -0.1) is 0 Å². The fourth-order valence-electron chi connectivity index (χ4n) is 1.43. The van der Waals surface area contributed by atoms with Crippen molar-refractivity contribution in [1.82, 2.24) is 9.78 Å². The van der Waals surface area contributed by atoms with Crippen molar-refractivity contribution in [3.8, 4) is 0 Å². The summed E-state index contributed by atoms with van der Waals surface area (Å²) in [6, 6.07) is 6.65. The summed E-state index contributed by atoms with van der Waals surface area (Å²) >= 11 is 1.40. The molecule has 0 aliphatic rings. The van der Waals surface area contributed by atoms with Gasteiger partial charge in [0.05, 0.1) is 10.6 Å². The molecule has 2 aromatic rings. The molecule has 0 fully saturated rings. The lowest BCUT2D eigenvalue weighted by Crippen LogP contribution is -1.96. The predicted octanol–water partition coefficient (Wildman–Crippen LogP) is 1.56. The molecule has 1 aromatic carbocycles. The largest absolute Gasteiger partial charge is 0.395 e. The van der Waals surface area contributed by atoms with E-state index in [0.717, 1.165) is 4.90 Å².